The minimum absolute atomic E-state index is 0.204. The number of hydrogen-bond donors (Lipinski definition) is 0. The van der Waals surface area contributed by atoms with Crippen molar-refractivity contribution in [3.63, 3.8) is 0 Å². The van der Waals surface area contributed by atoms with Crippen molar-refractivity contribution < 1.29 is 9.53 Å². The molecule has 31 heavy (non-hydrogen) atoms. The lowest BCUT2D eigenvalue weighted by Crippen LogP contribution is -2.47. The number of piperazine rings is 1. The van der Waals surface area contributed by atoms with E-state index in [1.807, 2.05) is 60.7 Å². The van der Waals surface area contributed by atoms with Crippen molar-refractivity contribution in [2.24, 2.45) is 4.99 Å². The predicted molar refractivity (Wildman–Crippen MR) is 123 cm³/mol. The molecule has 0 atom stereocenters. The van der Waals surface area contributed by atoms with E-state index in [0.717, 1.165) is 54.8 Å². The summed E-state index contributed by atoms with van der Waals surface area (Å²) in [4.78, 5) is 21.9. The summed E-state index contributed by atoms with van der Waals surface area (Å²) in [6.45, 7) is 4.66. The average Bonchev–Trinajstić information content (AvgIpc) is 3.18. The zero-order valence-electron chi connectivity index (χ0n) is 17.2. The van der Waals surface area contributed by atoms with Crippen LogP contribution in [0.5, 0.6) is 5.75 Å². The lowest BCUT2D eigenvalue weighted by Gasteiger charge is -2.34. The first-order valence-electron chi connectivity index (χ1n) is 10.4. The Morgan fingerprint density at radius 2 is 1.81 bits per heavy atom. The van der Waals surface area contributed by atoms with E-state index in [4.69, 9.17) is 10.00 Å². The summed E-state index contributed by atoms with van der Waals surface area (Å²) in [5.41, 5.74) is 1.96. The van der Waals surface area contributed by atoms with Crippen LogP contribution < -0.4 is 4.74 Å². The van der Waals surface area contributed by atoms with E-state index >= 15 is 0 Å². The van der Waals surface area contributed by atoms with Crippen molar-refractivity contribution in [2.75, 3.05) is 32.7 Å². The Morgan fingerprint density at radius 3 is 2.58 bits per heavy atom. The van der Waals surface area contributed by atoms with E-state index in [-0.39, 0.29) is 5.91 Å². The molecule has 4 rings (SSSR count). The lowest BCUT2D eigenvalue weighted by molar-refractivity contribution is -0.113. The summed E-state index contributed by atoms with van der Waals surface area (Å²) in [7, 11) is 0. The SMILES string of the molecule is N#CCCN1CCN(C2=NC(=O)C(=Cc3ccccc3OCc3ccccc3)S2)CC1. The minimum Gasteiger partial charge on any atom is -0.488 e. The molecule has 158 valence electrons. The van der Waals surface area contributed by atoms with Gasteiger partial charge in [0, 0.05) is 44.7 Å². The molecule has 0 saturated carbocycles. The molecule has 0 N–H and O–H groups in total. The summed E-state index contributed by atoms with van der Waals surface area (Å²) in [5, 5.41) is 9.51. The van der Waals surface area contributed by atoms with Gasteiger partial charge in [0.25, 0.3) is 5.91 Å². The molecule has 0 spiro atoms. The number of hydrogen-bond acceptors (Lipinski definition) is 6. The molecule has 2 aliphatic rings. The number of thioether (sulfide) groups is 1. The van der Waals surface area contributed by atoms with Crippen molar-refractivity contribution in [3.05, 3.63) is 70.6 Å². The third kappa shape index (κ3) is 5.54. The van der Waals surface area contributed by atoms with Gasteiger partial charge in [-0.05, 0) is 29.5 Å². The molecular formula is C24H24N4O2S. The summed E-state index contributed by atoms with van der Waals surface area (Å²) in [6, 6.07) is 19.9. The summed E-state index contributed by atoms with van der Waals surface area (Å²) in [6.07, 6.45) is 2.42. The molecule has 0 radical (unpaired) electrons. The highest BCUT2D eigenvalue weighted by atomic mass is 32.2. The summed E-state index contributed by atoms with van der Waals surface area (Å²) < 4.78 is 6.01. The standard InChI is InChI=1S/C24H24N4O2S/c25-11-6-12-27-13-15-28(16-14-27)24-26-23(29)22(31-24)17-20-9-4-5-10-21(20)30-18-19-7-2-1-3-8-19/h1-5,7-10,17H,6,12-16,18H2. The van der Waals surface area contributed by atoms with Crippen LogP contribution >= 0.6 is 11.8 Å². The van der Waals surface area contributed by atoms with E-state index in [1.165, 1.54) is 11.8 Å². The molecule has 0 aromatic heterocycles. The Bertz CT molecular complexity index is 1020. The number of para-hydroxylation sites is 1. The van der Waals surface area contributed by atoms with Crippen molar-refractivity contribution in [1.82, 2.24) is 9.80 Å². The number of aliphatic imine (C=N–C) groups is 1. The van der Waals surface area contributed by atoms with Gasteiger partial charge in [0.05, 0.1) is 11.0 Å². The number of carbonyl (C=O) groups is 1. The van der Waals surface area contributed by atoms with Gasteiger partial charge in [-0.1, -0.05) is 48.5 Å². The van der Waals surface area contributed by atoms with Gasteiger partial charge < -0.3 is 9.64 Å². The maximum Gasteiger partial charge on any atom is 0.286 e. The Hall–Kier alpha value is -3.08. The molecule has 7 heteroatoms. The van der Waals surface area contributed by atoms with Crippen LogP contribution in [-0.2, 0) is 11.4 Å². The van der Waals surface area contributed by atoms with Crippen LogP contribution in [0.4, 0.5) is 0 Å². The molecule has 1 saturated heterocycles. The van der Waals surface area contributed by atoms with Gasteiger partial charge in [0.2, 0.25) is 0 Å². The van der Waals surface area contributed by atoms with Crippen LogP contribution in [0, 0.1) is 11.3 Å². The third-order valence-electron chi connectivity index (χ3n) is 5.23. The first-order chi connectivity index (χ1) is 15.2. The predicted octanol–water partition coefficient (Wildman–Crippen LogP) is 3.77. The smallest absolute Gasteiger partial charge is 0.286 e. The maximum atomic E-state index is 12.5. The molecule has 1 fully saturated rings. The summed E-state index contributed by atoms with van der Waals surface area (Å²) >= 11 is 1.42. The fourth-order valence-electron chi connectivity index (χ4n) is 3.51. The third-order valence-corrected chi connectivity index (χ3v) is 6.28. The van der Waals surface area contributed by atoms with Crippen molar-refractivity contribution in [3.8, 4) is 11.8 Å². The maximum absolute atomic E-state index is 12.5. The zero-order chi connectivity index (χ0) is 21.5. The first kappa shape index (κ1) is 21.2. The molecule has 6 nitrogen and oxygen atoms in total. The number of benzene rings is 2. The van der Waals surface area contributed by atoms with E-state index in [1.54, 1.807) is 0 Å². The van der Waals surface area contributed by atoms with Gasteiger partial charge >= 0.3 is 0 Å². The molecule has 1 amide bonds. The molecule has 2 heterocycles. The lowest BCUT2D eigenvalue weighted by atomic mass is 10.2. The highest BCUT2D eigenvalue weighted by Crippen LogP contribution is 2.32. The molecule has 2 aliphatic heterocycles. The monoisotopic (exact) mass is 432 g/mol. The van der Waals surface area contributed by atoms with Gasteiger partial charge in [-0.15, -0.1) is 0 Å². The van der Waals surface area contributed by atoms with Crippen molar-refractivity contribution in [1.29, 1.82) is 5.26 Å². The number of ether oxygens (including phenoxy) is 1. The second-order valence-corrected chi connectivity index (χ2v) is 8.37. The van der Waals surface area contributed by atoms with E-state index in [2.05, 4.69) is 20.9 Å². The number of amides is 1. The zero-order valence-corrected chi connectivity index (χ0v) is 18.1. The first-order valence-corrected chi connectivity index (χ1v) is 11.2. The van der Waals surface area contributed by atoms with Crippen LogP contribution in [0.1, 0.15) is 17.5 Å². The molecule has 0 unspecified atom stereocenters. The second-order valence-electron chi connectivity index (χ2n) is 7.36. The minimum atomic E-state index is -0.204. The summed E-state index contributed by atoms with van der Waals surface area (Å²) in [5.74, 6) is 0.539. The molecule has 2 aromatic carbocycles. The quantitative estimate of drug-likeness (QED) is 0.648. The Kier molecular flexibility index (Phi) is 7.03. The average molecular weight is 433 g/mol. The number of nitriles is 1. The van der Waals surface area contributed by atoms with Gasteiger partial charge in [-0.3, -0.25) is 9.69 Å². The van der Waals surface area contributed by atoms with Crippen LogP contribution in [0.3, 0.4) is 0 Å². The Labute approximate surface area is 186 Å². The fourth-order valence-corrected chi connectivity index (χ4v) is 4.47. The van der Waals surface area contributed by atoms with Gasteiger partial charge in [0.15, 0.2) is 5.17 Å². The molecule has 0 bridgehead atoms. The van der Waals surface area contributed by atoms with Gasteiger partial charge in [0.1, 0.15) is 12.4 Å². The van der Waals surface area contributed by atoms with E-state index in [0.29, 0.717) is 17.9 Å². The Morgan fingerprint density at radius 1 is 1.06 bits per heavy atom. The van der Waals surface area contributed by atoms with Crippen LogP contribution in [0.15, 0.2) is 64.5 Å². The number of carbonyl (C=O) groups excluding carboxylic acids is 1. The van der Waals surface area contributed by atoms with Crippen LogP contribution in [-0.4, -0.2) is 53.6 Å². The Balaban J connectivity index is 1.39. The number of nitrogens with zero attached hydrogens (tertiary/aromatic N) is 4. The van der Waals surface area contributed by atoms with Crippen molar-refractivity contribution in [2.45, 2.75) is 13.0 Å². The fraction of sp³-hybridized carbons (Fsp3) is 0.292. The highest BCUT2D eigenvalue weighted by molar-refractivity contribution is 8.18. The van der Waals surface area contributed by atoms with E-state index in [9.17, 15) is 4.79 Å². The molecule has 2 aromatic rings. The largest absolute Gasteiger partial charge is 0.488 e. The highest BCUT2D eigenvalue weighted by Gasteiger charge is 2.28. The second kappa shape index (κ2) is 10.3. The van der Waals surface area contributed by atoms with Crippen LogP contribution in [0.25, 0.3) is 6.08 Å². The number of rotatable bonds is 6. The van der Waals surface area contributed by atoms with E-state index < -0.39 is 0 Å². The molecule has 0 aliphatic carbocycles. The van der Waals surface area contributed by atoms with Crippen molar-refractivity contribution >= 4 is 28.9 Å². The van der Waals surface area contributed by atoms with Gasteiger partial charge in [-0.2, -0.15) is 10.3 Å². The number of amidine groups is 1. The topological polar surface area (TPSA) is 68.9 Å². The van der Waals surface area contributed by atoms with Crippen LogP contribution in [0.2, 0.25) is 0 Å². The molecular weight excluding hydrogens is 408 g/mol. The normalized spacial score (nSPS) is 18.2. The van der Waals surface area contributed by atoms with Gasteiger partial charge in [-0.25, -0.2) is 0 Å².